The van der Waals surface area contributed by atoms with Crippen LogP contribution in [0.1, 0.15) is 48.4 Å². The number of likely N-dealkylation sites (tertiary alicyclic amines) is 1. The number of aromatic nitrogens is 1. The molecule has 0 unspecified atom stereocenters. The number of ether oxygens (including phenoxy) is 1. The molecule has 1 aliphatic rings. The second-order valence-corrected chi connectivity index (χ2v) is 6.44. The smallest absolute Gasteiger partial charge is 0.322 e. The Morgan fingerprint density at radius 1 is 1.44 bits per heavy atom. The van der Waals surface area contributed by atoms with Crippen LogP contribution in [0, 0.1) is 13.8 Å². The van der Waals surface area contributed by atoms with Gasteiger partial charge in [0.05, 0.1) is 24.5 Å². The van der Waals surface area contributed by atoms with Crippen molar-refractivity contribution in [1.29, 1.82) is 0 Å². The number of amides is 2. The second-order valence-electron chi connectivity index (χ2n) is 6.44. The number of nitrogens with zero attached hydrogens (tertiary/aromatic N) is 2. The SMILES string of the molecule is CCc1onc(C)c1[C@@H]1CCCN1C(=O)Nc1cc(C)ccc1OC. The Labute approximate surface area is 148 Å². The van der Waals surface area contributed by atoms with Crippen LogP contribution in [0.4, 0.5) is 10.5 Å². The summed E-state index contributed by atoms with van der Waals surface area (Å²) in [6.07, 6.45) is 2.66. The summed E-state index contributed by atoms with van der Waals surface area (Å²) in [6, 6.07) is 5.64. The lowest BCUT2D eigenvalue weighted by molar-refractivity contribution is 0.206. The summed E-state index contributed by atoms with van der Waals surface area (Å²) < 4.78 is 10.8. The van der Waals surface area contributed by atoms with Crippen LogP contribution in [0.15, 0.2) is 22.7 Å². The van der Waals surface area contributed by atoms with Crippen molar-refractivity contribution in [1.82, 2.24) is 10.1 Å². The number of anilines is 1. The predicted octanol–water partition coefficient (Wildman–Crippen LogP) is 4.23. The summed E-state index contributed by atoms with van der Waals surface area (Å²) in [6.45, 7) is 6.69. The van der Waals surface area contributed by atoms with E-state index in [1.165, 1.54) is 0 Å². The van der Waals surface area contributed by atoms with Crippen molar-refractivity contribution >= 4 is 11.7 Å². The Morgan fingerprint density at radius 3 is 2.96 bits per heavy atom. The van der Waals surface area contributed by atoms with Crippen molar-refractivity contribution in [2.75, 3.05) is 19.0 Å². The van der Waals surface area contributed by atoms with E-state index in [2.05, 4.69) is 10.5 Å². The van der Waals surface area contributed by atoms with E-state index in [1.807, 2.05) is 43.9 Å². The molecule has 25 heavy (non-hydrogen) atoms. The average Bonchev–Trinajstić information content (AvgIpc) is 3.20. The van der Waals surface area contributed by atoms with Crippen molar-refractivity contribution in [3.05, 3.63) is 40.8 Å². The van der Waals surface area contributed by atoms with Crippen molar-refractivity contribution < 1.29 is 14.1 Å². The molecule has 0 saturated carbocycles. The highest BCUT2D eigenvalue weighted by atomic mass is 16.5. The number of nitrogens with one attached hydrogen (secondary N) is 1. The Morgan fingerprint density at radius 2 is 2.24 bits per heavy atom. The molecule has 2 amide bonds. The first-order valence-corrected chi connectivity index (χ1v) is 8.72. The zero-order valence-electron chi connectivity index (χ0n) is 15.3. The van der Waals surface area contributed by atoms with E-state index in [9.17, 15) is 4.79 Å². The molecule has 1 saturated heterocycles. The van der Waals surface area contributed by atoms with Gasteiger partial charge in [-0.3, -0.25) is 0 Å². The van der Waals surface area contributed by atoms with Crippen LogP contribution in [-0.4, -0.2) is 29.7 Å². The minimum absolute atomic E-state index is 0.0111. The fourth-order valence-corrected chi connectivity index (χ4v) is 3.52. The third-order valence-electron chi connectivity index (χ3n) is 4.75. The van der Waals surface area contributed by atoms with Crippen molar-refractivity contribution in [3.63, 3.8) is 0 Å². The molecule has 0 spiro atoms. The van der Waals surface area contributed by atoms with Crippen LogP contribution in [0.5, 0.6) is 5.75 Å². The molecule has 1 aromatic heterocycles. The lowest BCUT2D eigenvalue weighted by Gasteiger charge is -2.25. The van der Waals surface area contributed by atoms with Crippen LogP contribution in [0.25, 0.3) is 0 Å². The van der Waals surface area contributed by atoms with Crippen molar-refractivity contribution in [2.45, 2.75) is 46.1 Å². The normalized spacial score (nSPS) is 17.0. The topological polar surface area (TPSA) is 67.6 Å². The highest BCUT2D eigenvalue weighted by Crippen LogP contribution is 2.37. The zero-order chi connectivity index (χ0) is 18.0. The van der Waals surface area contributed by atoms with E-state index in [0.29, 0.717) is 11.4 Å². The van der Waals surface area contributed by atoms with Crippen LogP contribution in [0.2, 0.25) is 0 Å². The first-order chi connectivity index (χ1) is 12.0. The van der Waals surface area contributed by atoms with Gasteiger partial charge >= 0.3 is 6.03 Å². The lowest BCUT2D eigenvalue weighted by atomic mass is 10.0. The molecule has 2 heterocycles. The number of benzene rings is 1. The minimum atomic E-state index is -0.117. The number of urea groups is 1. The van der Waals surface area contributed by atoms with Gasteiger partial charge in [-0.2, -0.15) is 0 Å². The van der Waals surface area contributed by atoms with Crippen LogP contribution in [0.3, 0.4) is 0 Å². The van der Waals surface area contributed by atoms with E-state index >= 15 is 0 Å². The number of aryl methyl sites for hydroxylation is 3. The van der Waals surface area contributed by atoms with E-state index in [1.54, 1.807) is 7.11 Å². The van der Waals surface area contributed by atoms with Gasteiger partial charge in [0.25, 0.3) is 0 Å². The Hall–Kier alpha value is -2.50. The predicted molar refractivity (Wildman–Crippen MR) is 96.0 cm³/mol. The van der Waals surface area contributed by atoms with E-state index in [0.717, 1.165) is 48.4 Å². The van der Waals surface area contributed by atoms with Crippen LogP contribution in [-0.2, 0) is 6.42 Å². The highest BCUT2D eigenvalue weighted by molar-refractivity contribution is 5.91. The Bertz CT molecular complexity index is 769. The monoisotopic (exact) mass is 343 g/mol. The number of hydrogen-bond donors (Lipinski definition) is 1. The van der Waals surface area contributed by atoms with Gasteiger partial charge in [-0.05, 0) is 44.4 Å². The maximum Gasteiger partial charge on any atom is 0.322 e. The summed E-state index contributed by atoms with van der Waals surface area (Å²) in [4.78, 5) is 14.8. The third kappa shape index (κ3) is 3.34. The fraction of sp³-hybridized carbons (Fsp3) is 0.474. The maximum absolute atomic E-state index is 12.9. The maximum atomic E-state index is 12.9. The van der Waals surface area contributed by atoms with Gasteiger partial charge < -0.3 is 19.5 Å². The summed E-state index contributed by atoms with van der Waals surface area (Å²) in [5.41, 5.74) is 3.69. The molecular weight excluding hydrogens is 318 g/mol. The number of methoxy groups -OCH3 is 1. The zero-order valence-corrected chi connectivity index (χ0v) is 15.3. The van der Waals surface area contributed by atoms with Gasteiger partial charge in [-0.1, -0.05) is 18.1 Å². The number of carbonyl (C=O) groups is 1. The van der Waals surface area contributed by atoms with Crippen LogP contribution >= 0.6 is 0 Å². The van der Waals surface area contributed by atoms with E-state index < -0.39 is 0 Å². The molecule has 1 aliphatic heterocycles. The molecule has 0 bridgehead atoms. The van der Waals surface area contributed by atoms with Crippen molar-refractivity contribution in [3.8, 4) is 5.75 Å². The minimum Gasteiger partial charge on any atom is -0.495 e. The van der Waals surface area contributed by atoms with Gasteiger partial charge in [-0.15, -0.1) is 0 Å². The van der Waals surface area contributed by atoms with Crippen molar-refractivity contribution in [2.24, 2.45) is 0 Å². The van der Waals surface area contributed by atoms with Gasteiger partial charge in [0.15, 0.2) is 0 Å². The molecule has 3 rings (SSSR count). The molecule has 2 aromatic rings. The molecule has 0 radical (unpaired) electrons. The molecule has 1 N–H and O–H groups in total. The van der Waals surface area contributed by atoms with E-state index in [-0.39, 0.29) is 12.1 Å². The fourth-order valence-electron chi connectivity index (χ4n) is 3.52. The molecule has 1 atom stereocenters. The molecule has 6 heteroatoms. The molecule has 1 aromatic carbocycles. The second kappa shape index (κ2) is 7.17. The van der Waals surface area contributed by atoms with Gasteiger partial charge in [0, 0.05) is 18.5 Å². The van der Waals surface area contributed by atoms with Gasteiger partial charge in [0.2, 0.25) is 0 Å². The average molecular weight is 343 g/mol. The first-order valence-electron chi connectivity index (χ1n) is 8.72. The Balaban J connectivity index is 1.84. The number of carbonyl (C=O) groups excluding carboxylic acids is 1. The van der Waals surface area contributed by atoms with Crippen LogP contribution < -0.4 is 10.1 Å². The van der Waals surface area contributed by atoms with E-state index in [4.69, 9.17) is 9.26 Å². The Kier molecular flexibility index (Phi) is 4.97. The summed E-state index contributed by atoms with van der Waals surface area (Å²) in [7, 11) is 1.60. The summed E-state index contributed by atoms with van der Waals surface area (Å²) in [5, 5.41) is 7.10. The number of hydrogen-bond acceptors (Lipinski definition) is 4. The van der Waals surface area contributed by atoms with Gasteiger partial charge in [0.1, 0.15) is 11.5 Å². The lowest BCUT2D eigenvalue weighted by Crippen LogP contribution is -2.35. The van der Waals surface area contributed by atoms with Gasteiger partial charge in [-0.25, -0.2) is 4.79 Å². The highest BCUT2D eigenvalue weighted by Gasteiger charge is 2.34. The third-order valence-corrected chi connectivity index (χ3v) is 4.75. The first kappa shape index (κ1) is 17.3. The molecule has 0 aliphatic carbocycles. The quantitative estimate of drug-likeness (QED) is 0.902. The largest absolute Gasteiger partial charge is 0.495 e. The molecular formula is C19H25N3O3. The molecule has 1 fully saturated rings. The summed E-state index contributed by atoms with van der Waals surface area (Å²) in [5.74, 6) is 1.53. The molecule has 134 valence electrons. The standard InChI is InChI=1S/C19H25N3O3/c1-5-16-18(13(3)21-25-16)15-7-6-10-22(15)19(23)20-14-11-12(2)8-9-17(14)24-4/h8-9,11,15H,5-7,10H2,1-4H3,(H,20,23)/t15-/m0/s1. The molecule has 6 nitrogen and oxygen atoms in total. The summed E-state index contributed by atoms with van der Waals surface area (Å²) >= 11 is 0. The number of rotatable bonds is 4.